The van der Waals surface area contributed by atoms with E-state index in [1.54, 1.807) is 24.3 Å². The van der Waals surface area contributed by atoms with E-state index in [2.05, 4.69) is 41.3 Å². The second-order valence-electron chi connectivity index (χ2n) is 6.33. The fourth-order valence-corrected chi connectivity index (χ4v) is 4.14. The van der Waals surface area contributed by atoms with Crippen molar-refractivity contribution < 1.29 is 22.7 Å². The Hall–Kier alpha value is -3.29. The molecule has 0 aliphatic heterocycles. The molecule has 172 valence electrons. The maximum Gasteiger partial charge on any atom is 0.321 e. The van der Waals surface area contributed by atoms with E-state index in [9.17, 15) is 13.2 Å². The van der Waals surface area contributed by atoms with Crippen molar-refractivity contribution in [3.05, 3.63) is 64.6 Å². The molecule has 2 aromatic carbocycles. The molecule has 0 saturated carbocycles. The first-order valence-electron chi connectivity index (χ1n) is 9.18. The number of amides is 1. The predicted octanol–water partition coefficient (Wildman–Crippen LogP) is 3.18. The van der Waals surface area contributed by atoms with Gasteiger partial charge >= 0.3 is 6.01 Å². The normalized spacial score (nSPS) is 10.8. The SMILES string of the molecule is COc1cc(NS(=O)(=O)c2ccc(NC(=S)NC(=O)c3cccc(Br)c3)cc2)nc(OC)n1. The summed E-state index contributed by atoms with van der Waals surface area (Å²) in [6.45, 7) is 0. The van der Waals surface area contributed by atoms with Gasteiger partial charge < -0.3 is 14.8 Å². The van der Waals surface area contributed by atoms with Crippen molar-refractivity contribution in [3.63, 3.8) is 0 Å². The van der Waals surface area contributed by atoms with Crippen LogP contribution < -0.4 is 24.8 Å². The van der Waals surface area contributed by atoms with Crippen LogP contribution in [0.1, 0.15) is 10.4 Å². The number of rotatable bonds is 7. The molecule has 0 bridgehead atoms. The summed E-state index contributed by atoms with van der Waals surface area (Å²) >= 11 is 8.47. The molecular formula is C20H18BrN5O5S2. The zero-order chi connectivity index (χ0) is 24.0. The monoisotopic (exact) mass is 551 g/mol. The van der Waals surface area contributed by atoms with Crippen LogP contribution in [0.5, 0.6) is 11.9 Å². The molecule has 0 fully saturated rings. The number of thiocarbonyl (C=S) groups is 1. The smallest absolute Gasteiger partial charge is 0.321 e. The van der Waals surface area contributed by atoms with Gasteiger partial charge in [0.15, 0.2) is 10.9 Å². The van der Waals surface area contributed by atoms with Gasteiger partial charge in [0, 0.05) is 21.8 Å². The second-order valence-corrected chi connectivity index (χ2v) is 9.34. The lowest BCUT2D eigenvalue weighted by atomic mass is 10.2. The lowest BCUT2D eigenvalue weighted by molar-refractivity contribution is 0.0977. The first-order chi connectivity index (χ1) is 15.7. The van der Waals surface area contributed by atoms with E-state index < -0.39 is 10.0 Å². The number of methoxy groups -OCH3 is 2. The van der Waals surface area contributed by atoms with Gasteiger partial charge in [0.1, 0.15) is 0 Å². The second kappa shape index (κ2) is 10.6. The molecule has 3 N–H and O–H groups in total. The highest BCUT2D eigenvalue weighted by Gasteiger charge is 2.17. The quantitative estimate of drug-likeness (QED) is 0.378. The highest BCUT2D eigenvalue weighted by atomic mass is 79.9. The Kier molecular flexibility index (Phi) is 7.79. The summed E-state index contributed by atoms with van der Waals surface area (Å²) in [6, 6.07) is 13.9. The number of ether oxygens (including phenoxy) is 2. The average molecular weight is 552 g/mol. The highest BCUT2D eigenvalue weighted by molar-refractivity contribution is 9.10. The van der Waals surface area contributed by atoms with Gasteiger partial charge in [-0.2, -0.15) is 9.97 Å². The molecule has 1 amide bonds. The molecule has 10 nitrogen and oxygen atoms in total. The van der Waals surface area contributed by atoms with Gasteiger partial charge in [0.2, 0.25) is 5.88 Å². The van der Waals surface area contributed by atoms with Crippen LogP contribution in [0.3, 0.4) is 0 Å². The zero-order valence-electron chi connectivity index (χ0n) is 17.3. The minimum atomic E-state index is -3.95. The molecule has 0 saturated heterocycles. The van der Waals surface area contributed by atoms with E-state index >= 15 is 0 Å². The van der Waals surface area contributed by atoms with Gasteiger partial charge in [-0.1, -0.05) is 22.0 Å². The fourth-order valence-electron chi connectivity index (χ4n) is 2.53. The summed E-state index contributed by atoms with van der Waals surface area (Å²) in [4.78, 5) is 20.1. The number of carbonyl (C=O) groups excluding carboxylic acids is 1. The van der Waals surface area contributed by atoms with Crippen molar-refractivity contribution in [1.29, 1.82) is 0 Å². The third kappa shape index (κ3) is 6.60. The van der Waals surface area contributed by atoms with Crippen molar-refractivity contribution in [2.75, 3.05) is 24.3 Å². The Morgan fingerprint density at radius 2 is 1.76 bits per heavy atom. The van der Waals surface area contributed by atoms with Gasteiger partial charge in [-0.15, -0.1) is 0 Å². The van der Waals surface area contributed by atoms with Crippen molar-refractivity contribution >= 4 is 60.7 Å². The summed E-state index contributed by atoms with van der Waals surface area (Å²) in [7, 11) is -1.22. The molecule has 0 radical (unpaired) electrons. The maximum absolute atomic E-state index is 12.7. The Morgan fingerprint density at radius 3 is 2.39 bits per heavy atom. The zero-order valence-corrected chi connectivity index (χ0v) is 20.5. The summed E-state index contributed by atoms with van der Waals surface area (Å²) in [5, 5.41) is 5.46. The Bertz CT molecular complexity index is 1260. The molecule has 1 aromatic heterocycles. The van der Waals surface area contributed by atoms with E-state index in [0.29, 0.717) is 11.3 Å². The number of hydrogen-bond acceptors (Lipinski definition) is 8. The molecular weight excluding hydrogens is 534 g/mol. The molecule has 3 rings (SSSR count). The predicted molar refractivity (Wildman–Crippen MR) is 130 cm³/mol. The average Bonchev–Trinajstić information content (AvgIpc) is 2.78. The number of sulfonamides is 1. The van der Waals surface area contributed by atoms with E-state index in [1.807, 2.05) is 0 Å². The third-order valence-electron chi connectivity index (χ3n) is 4.05. The first kappa shape index (κ1) is 24.4. The molecule has 0 aliphatic rings. The summed E-state index contributed by atoms with van der Waals surface area (Å²) in [5.41, 5.74) is 0.915. The molecule has 3 aromatic rings. The molecule has 0 unspecified atom stereocenters. The Morgan fingerprint density at radius 1 is 1.03 bits per heavy atom. The van der Waals surface area contributed by atoms with Gasteiger partial charge in [-0.3, -0.25) is 14.8 Å². The number of halogens is 1. The fraction of sp³-hybridized carbons (Fsp3) is 0.100. The number of anilines is 2. The van der Waals surface area contributed by atoms with E-state index in [-0.39, 0.29) is 33.6 Å². The van der Waals surface area contributed by atoms with Crippen LogP contribution in [0, 0.1) is 0 Å². The highest BCUT2D eigenvalue weighted by Crippen LogP contribution is 2.21. The van der Waals surface area contributed by atoms with E-state index in [1.165, 1.54) is 44.6 Å². The van der Waals surface area contributed by atoms with Gasteiger partial charge in [-0.25, -0.2) is 8.42 Å². The largest absolute Gasteiger partial charge is 0.481 e. The molecule has 0 atom stereocenters. The maximum atomic E-state index is 12.7. The van der Waals surface area contributed by atoms with Crippen LogP contribution in [-0.4, -0.2) is 43.6 Å². The molecule has 0 aliphatic carbocycles. The van der Waals surface area contributed by atoms with Crippen LogP contribution in [0.2, 0.25) is 0 Å². The van der Waals surface area contributed by atoms with Crippen molar-refractivity contribution in [3.8, 4) is 11.9 Å². The van der Waals surface area contributed by atoms with Crippen molar-refractivity contribution in [1.82, 2.24) is 15.3 Å². The van der Waals surface area contributed by atoms with Crippen LogP contribution in [0.25, 0.3) is 0 Å². The first-order valence-corrected chi connectivity index (χ1v) is 11.9. The number of nitrogens with zero attached hydrogens (tertiary/aromatic N) is 2. The topological polar surface area (TPSA) is 132 Å². The van der Waals surface area contributed by atoms with Crippen molar-refractivity contribution in [2.45, 2.75) is 4.90 Å². The Labute approximate surface area is 203 Å². The van der Waals surface area contributed by atoms with Crippen LogP contribution in [-0.2, 0) is 10.0 Å². The number of hydrogen-bond donors (Lipinski definition) is 3. The summed E-state index contributed by atoms with van der Waals surface area (Å²) in [6.07, 6.45) is 0. The number of carbonyl (C=O) groups is 1. The van der Waals surface area contributed by atoms with E-state index in [0.717, 1.165) is 4.47 Å². The van der Waals surface area contributed by atoms with Gasteiger partial charge in [0.25, 0.3) is 15.9 Å². The summed E-state index contributed by atoms with van der Waals surface area (Å²) in [5.74, 6) is -0.261. The molecule has 13 heteroatoms. The summed E-state index contributed by atoms with van der Waals surface area (Å²) < 4.78 is 38.5. The minimum absolute atomic E-state index is 0.0164. The van der Waals surface area contributed by atoms with Gasteiger partial charge in [-0.05, 0) is 54.7 Å². The third-order valence-corrected chi connectivity index (χ3v) is 6.12. The Balaban J connectivity index is 1.66. The number of nitrogens with one attached hydrogen (secondary N) is 3. The van der Waals surface area contributed by atoms with Gasteiger partial charge in [0.05, 0.1) is 19.1 Å². The van der Waals surface area contributed by atoms with Crippen molar-refractivity contribution in [2.24, 2.45) is 0 Å². The number of benzene rings is 2. The standard InChI is InChI=1S/C20H18BrN5O5S2/c1-30-17-11-16(23-19(24-17)31-2)26-33(28,29)15-8-6-14(7-9-15)22-20(32)25-18(27)12-4-3-5-13(21)10-12/h3-11H,1-2H3,(H,23,24,26)(H2,22,25,27,32). The lowest BCUT2D eigenvalue weighted by Crippen LogP contribution is -2.34. The van der Waals surface area contributed by atoms with Crippen LogP contribution >= 0.6 is 28.1 Å². The molecule has 1 heterocycles. The lowest BCUT2D eigenvalue weighted by Gasteiger charge is -2.12. The number of aromatic nitrogens is 2. The van der Waals surface area contributed by atoms with E-state index in [4.69, 9.17) is 21.7 Å². The van der Waals surface area contributed by atoms with Crippen LogP contribution in [0.4, 0.5) is 11.5 Å². The molecule has 33 heavy (non-hydrogen) atoms. The molecule has 0 spiro atoms. The van der Waals surface area contributed by atoms with Crippen LogP contribution in [0.15, 0.2) is 64.0 Å². The minimum Gasteiger partial charge on any atom is -0.481 e.